The van der Waals surface area contributed by atoms with Crippen LogP contribution in [0.2, 0.25) is 0 Å². The van der Waals surface area contributed by atoms with Gasteiger partial charge in [-0.25, -0.2) is 0 Å². The van der Waals surface area contributed by atoms with Gasteiger partial charge in [0.15, 0.2) is 0 Å². The Morgan fingerprint density at radius 1 is 0.696 bits per heavy atom. The molecule has 0 radical (unpaired) electrons. The molecule has 0 aliphatic carbocycles. The van der Waals surface area contributed by atoms with Crippen LogP contribution < -0.4 is 10.9 Å². The lowest BCUT2D eigenvalue weighted by atomic mass is 10.1. The van der Waals surface area contributed by atoms with Crippen molar-refractivity contribution in [3.8, 4) is 0 Å². The van der Waals surface area contributed by atoms with Gasteiger partial charge >= 0.3 is 0 Å². The Kier molecular flexibility index (Phi) is 4.39. The third kappa shape index (κ3) is 3.57. The summed E-state index contributed by atoms with van der Waals surface area (Å²) in [6.45, 7) is 0. The second kappa shape index (κ2) is 6.62. The summed E-state index contributed by atoms with van der Waals surface area (Å²) in [5.41, 5.74) is 5.80. The summed E-state index contributed by atoms with van der Waals surface area (Å²) in [5, 5.41) is 1.99. The van der Waals surface area contributed by atoms with Gasteiger partial charge in [-0.1, -0.05) is 46.3 Å². The molecule has 0 aromatic heterocycles. The van der Waals surface area contributed by atoms with Crippen molar-refractivity contribution in [3.63, 3.8) is 0 Å². The van der Waals surface area contributed by atoms with Gasteiger partial charge in [0.05, 0.1) is 0 Å². The van der Waals surface area contributed by atoms with Gasteiger partial charge in [0.2, 0.25) is 0 Å². The van der Waals surface area contributed by atoms with Crippen molar-refractivity contribution in [3.05, 3.63) is 82.3 Å². The number of nitrogens with one attached hydrogen (secondary N) is 2. The molecule has 2 N–H and O–H groups in total. The summed E-state index contributed by atoms with van der Waals surface area (Å²) in [6, 6.07) is 19.9. The molecule has 0 saturated carbocycles. The van der Waals surface area contributed by atoms with Crippen LogP contribution in [-0.4, -0.2) is 11.8 Å². The molecule has 3 aromatic rings. The van der Waals surface area contributed by atoms with E-state index in [1.54, 1.807) is 36.4 Å². The minimum absolute atomic E-state index is 0.358. The molecule has 0 aliphatic heterocycles. The SMILES string of the molecule is O=C(NNC(=O)c1ccc2cc(Br)ccc2c1)c1ccccc1. The maximum absolute atomic E-state index is 12.2. The van der Waals surface area contributed by atoms with E-state index < -0.39 is 0 Å². The minimum Gasteiger partial charge on any atom is -0.267 e. The number of rotatable bonds is 2. The van der Waals surface area contributed by atoms with E-state index in [9.17, 15) is 9.59 Å². The van der Waals surface area contributed by atoms with E-state index in [1.165, 1.54) is 0 Å². The summed E-state index contributed by atoms with van der Waals surface area (Å²) < 4.78 is 0.984. The van der Waals surface area contributed by atoms with E-state index in [4.69, 9.17) is 0 Å². The topological polar surface area (TPSA) is 58.2 Å². The van der Waals surface area contributed by atoms with E-state index >= 15 is 0 Å². The Hall–Kier alpha value is -2.66. The van der Waals surface area contributed by atoms with Crippen LogP contribution in [0.3, 0.4) is 0 Å². The number of fused-ring (bicyclic) bond motifs is 1. The molecule has 3 aromatic carbocycles. The van der Waals surface area contributed by atoms with Crippen molar-refractivity contribution in [1.82, 2.24) is 10.9 Å². The molecule has 0 fully saturated rings. The van der Waals surface area contributed by atoms with Crippen LogP contribution in [0.15, 0.2) is 71.2 Å². The first-order chi connectivity index (χ1) is 11.1. The lowest BCUT2D eigenvalue weighted by Crippen LogP contribution is -2.41. The van der Waals surface area contributed by atoms with Crippen molar-refractivity contribution < 1.29 is 9.59 Å². The van der Waals surface area contributed by atoms with Gasteiger partial charge in [0.25, 0.3) is 11.8 Å². The van der Waals surface area contributed by atoms with Crippen LogP contribution in [0.1, 0.15) is 20.7 Å². The first kappa shape index (κ1) is 15.2. The molecule has 0 bridgehead atoms. The Bertz CT molecular complexity index is 879. The minimum atomic E-state index is -0.362. The summed E-state index contributed by atoms with van der Waals surface area (Å²) in [4.78, 5) is 24.1. The quantitative estimate of drug-likeness (QED) is 0.677. The second-order valence-electron chi connectivity index (χ2n) is 4.98. The molecule has 3 rings (SSSR count). The maximum Gasteiger partial charge on any atom is 0.269 e. The summed E-state index contributed by atoms with van der Waals surface area (Å²) in [6.07, 6.45) is 0. The molecule has 0 saturated heterocycles. The lowest BCUT2D eigenvalue weighted by molar-refractivity contribution is 0.0847. The molecule has 0 aliphatic rings. The van der Waals surface area contributed by atoms with E-state index in [1.807, 2.05) is 30.3 Å². The highest BCUT2D eigenvalue weighted by molar-refractivity contribution is 9.10. The van der Waals surface area contributed by atoms with Crippen LogP contribution in [0.5, 0.6) is 0 Å². The third-order valence-corrected chi connectivity index (χ3v) is 3.88. The van der Waals surface area contributed by atoms with Crippen molar-refractivity contribution >= 4 is 38.5 Å². The summed E-state index contributed by atoms with van der Waals surface area (Å²) in [7, 11) is 0. The van der Waals surface area contributed by atoms with Gasteiger partial charge < -0.3 is 0 Å². The molecule has 0 atom stereocenters. The monoisotopic (exact) mass is 368 g/mol. The zero-order valence-corrected chi connectivity index (χ0v) is 13.6. The summed E-state index contributed by atoms with van der Waals surface area (Å²) >= 11 is 3.42. The van der Waals surface area contributed by atoms with E-state index in [-0.39, 0.29) is 11.8 Å². The number of benzene rings is 3. The third-order valence-electron chi connectivity index (χ3n) is 3.39. The number of halogens is 1. The molecule has 2 amide bonds. The van der Waals surface area contributed by atoms with Crippen LogP contribution >= 0.6 is 15.9 Å². The largest absolute Gasteiger partial charge is 0.269 e. The van der Waals surface area contributed by atoms with E-state index in [2.05, 4.69) is 26.8 Å². The predicted molar refractivity (Wildman–Crippen MR) is 93.0 cm³/mol. The zero-order valence-electron chi connectivity index (χ0n) is 12.0. The number of amides is 2. The Morgan fingerprint density at radius 2 is 1.30 bits per heavy atom. The zero-order chi connectivity index (χ0) is 16.2. The number of carbonyl (C=O) groups excluding carboxylic acids is 2. The van der Waals surface area contributed by atoms with Gasteiger partial charge in [0, 0.05) is 15.6 Å². The molecule has 0 unspecified atom stereocenters. The van der Waals surface area contributed by atoms with Gasteiger partial charge in [-0.15, -0.1) is 0 Å². The molecule has 23 heavy (non-hydrogen) atoms. The molecule has 5 heteroatoms. The van der Waals surface area contributed by atoms with Gasteiger partial charge in [-0.3, -0.25) is 20.4 Å². The second-order valence-corrected chi connectivity index (χ2v) is 5.90. The van der Waals surface area contributed by atoms with Crippen LogP contribution in [-0.2, 0) is 0 Å². The Morgan fingerprint density at radius 3 is 2.04 bits per heavy atom. The first-order valence-electron chi connectivity index (χ1n) is 6.98. The van der Waals surface area contributed by atoms with Crippen molar-refractivity contribution in [2.24, 2.45) is 0 Å². The standard InChI is InChI=1S/C18H13BrN2O2/c19-16-9-8-13-10-15(7-6-14(13)11-16)18(23)21-20-17(22)12-4-2-1-3-5-12/h1-11H,(H,20,22)(H,21,23). The highest BCUT2D eigenvalue weighted by Crippen LogP contribution is 2.20. The molecule has 0 heterocycles. The van der Waals surface area contributed by atoms with Crippen molar-refractivity contribution in [2.75, 3.05) is 0 Å². The highest BCUT2D eigenvalue weighted by Gasteiger charge is 2.09. The molecule has 4 nitrogen and oxygen atoms in total. The fourth-order valence-electron chi connectivity index (χ4n) is 2.21. The Labute approximate surface area is 141 Å². The van der Waals surface area contributed by atoms with Crippen LogP contribution in [0.25, 0.3) is 10.8 Å². The smallest absolute Gasteiger partial charge is 0.267 e. The maximum atomic E-state index is 12.2. The molecular weight excluding hydrogens is 356 g/mol. The Balaban J connectivity index is 1.71. The summed E-state index contributed by atoms with van der Waals surface area (Å²) in [5.74, 6) is -0.720. The lowest BCUT2D eigenvalue weighted by Gasteiger charge is -2.08. The average Bonchev–Trinajstić information content (AvgIpc) is 2.59. The van der Waals surface area contributed by atoms with Crippen LogP contribution in [0, 0.1) is 0 Å². The van der Waals surface area contributed by atoms with Crippen molar-refractivity contribution in [1.29, 1.82) is 0 Å². The van der Waals surface area contributed by atoms with E-state index in [0.717, 1.165) is 15.2 Å². The molecule has 0 spiro atoms. The number of carbonyl (C=O) groups is 2. The van der Waals surface area contributed by atoms with E-state index in [0.29, 0.717) is 11.1 Å². The fraction of sp³-hybridized carbons (Fsp3) is 0. The van der Waals surface area contributed by atoms with Gasteiger partial charge in [-0.05, 0) is 47.2 Å². The fourth-order valence-corrected chi connectivity index (χ4v) is 2.58. The number of hydrogen-bond donors (Lipinski definition) is 2. The number of hydrazine groups is 1. The number of hydrogen-bond acceptors (Lipinski definition) is 2. The molecule has 114 valence electrons. The highest BCUT2D eigenvalue weighted by atomic mass is 79.9. The van der Waals surface area contributed by atoms with Gasteiger partial charge in [0.1, 0.15) is 0 Å². The normalized spacial score (nSPS) is 10.3. The first-order valence-corrected chi connectivity index (χ1v) is 7.78. The van der Waals surface area contributed by atoms with Crippen molar-refractivity contribution in [2.45, 2.75) is 0 Å². The van der Waals surface area contributed by atoms with Gasteiger partial charge in [-0.2, -0.15) is 0 Å². The molecular formula is C18H13BrN2O2. The average molecular weight is 369 g/mol. The van der Waals surface area contributed by atoms with Crippen LogP contribution in [0.4, 0.5) is 0 Å². The predicted octanol–water partition coefficient (Wildman–Crippen LogP) is 3.68.